The molecule has 1 aromatic carbocycles. The first-order valence-corrected chi connectivity index (χ1v) is 6.39. The van der Waals surface area contributed by atoms with E-state index in [0.29, 0.717) is 6.54 Å². The van der Waals surface area contributed by atoms with Crippen LogP contribution in [0.25, 0.3) is 0 Å². The maximum absolute atomic E-state index is 12.8. The molecule has 5 heteroatoms. The predicted molar refractivity (Wildman–Crippen MR) is 68.0 cm³/mol. The first kappa shape index (κ1) is 14.4. The Balaban J connectivity index is 2.02. The molecule has 3 atom stereocenters. The maximum atomic E-state index is 12.8. The molecule has 0 aromatic heterocycles. The molecule has 0 saturated carbocycles. The smallest absolute Gasteiger partial charge is 0.245 e. The van der Waals surface area contributed by atoms with Gasteiger partial charge in [0.1, 0.15) is 0 Å². The Morgan fingerprint density at radius 3 is 2.42 bits per heavy atom. The van der Waals surface area contributed by atoms with Gasteiger partial charge in [0.25, 0.3) is 0 Å². The number of nitrogens with zero attached hydrogens (tertiary/aromatic N) is 1. The monoisotopic (exact) mass is 271 g/mol. The van der Waals surface area contributed by atoms with E-state index in [4.69, 9.17) is 0 Å². The van der Waals surface area contributed by atoms with Gasteiger partial charge >= 0.3 is 0 Å². The number of aryl methyl sites for hydroxylation is 1. The van der Waals surface area contributed by atoms with Crippen LogP contribution in [0.5, 0.6) is 0 Å². The van der Waals surface area contributed by atoms with Crippen LogP contribution < -0.4 is 0 Å². The number of hydrogen-bond acceptors (Lipinski definition) is 3. The number of halogens is 2. The van der Waals surface area contributed by atoms with Crippen LogP contribution in [0.1, 0.15) is 11.1 Å². The standard InChI is InChI=1S/C14H19F2NO2/c1-9-2-4-10(5-3-9)6-17-7-11(14(15)16)13(19)12(18)8-17/h2-5,11-14,18-19H,6-8H2,1H3/t11-,12+,13+/m0/s1. The molecule has 3 nitrogen and oxygen atoms in total. The minimum absolute atomic E-state index is 0.101. The number of aliphatic hydroxyl groups excluding tert-OH is 2. The molecule has 1 aliphatic heterocycles. The molecule has 0 amide bonds. The number of aliphatic hydroxyl groups is 2. The van der Waals surface area contributed by atoms with E-state index in [0.717, 1.165) is 11.1 Å². The van der Waals surface area contributed by atoms with E-state index < -0.39 is 24.6 Å². The van der Waals surface area contributed by atoms with Gasteiger partial charge in [-0.1, -0.05) is 29.8 Å². The van der Waals surface area contributed by atoms with Crippen LogP contribution in [-0.2, 0) is 6.54 Å². The molecule has 1 aromatic rings. The fourth-order valence-electron chi connectivity index (χ4n) is 2.45. The van der Waals surface area contributed by atoms with Crippen molar-refractivity contribution in [2.75, 3.05) is 13.1 Å². The lowest BCUT2D eigenvalue weighted by atomic mass is 9.92. The van der Waals surface area contributed by atoms with Crippen molar-refractivity contribution in [3.63, 3.8) is 0 Å². The van der Waals surface area contributed by atoms with E-state index in [1.165, 1.54) is 0 Å². The average molecular weight is 271 g/mol. The molecular weight excluding hydrogens is 252 g/mol. The highest BCUT2D eigenvalue weighted by Crippen LogP contribution is 2.24. The van der Waals surface area contributed by atoms with E-state index in [9.17, 15) is 19.0 Å². The van der Waals surface area contributed by atoms with Crippen LogP contribution in [0.15, 0.2) is 24.3 Å². The number of likely N-dealkylation sites (tertiary alicyclic amines) is 1. The summed E-state index contributed by atoms with van der Waals surface area (Å²) in [5.41, 5.74) is 2.16. The molecule has 0 spiro atoms. The van der Waals surface area contributed by atoms with Crippen LogP contribution in [0.2, 0.25) is 0 Å². The molecule has 1 fully saturated rings. The largest absolute Gasteiger partial charge is 0.390 e. The van der Waals surface area contributed by atoms with Gasteiger partial charge in [-0.25, -0.2) is 8.78 Å². The minimum atomic E-state index is -2.62. The Morgan fingerprint density at radius 2 is 1.84 bits per heavy atom. The molecular formula is C14H19F2NO2. The summed E-state index contributed by atoms with van der Waals surface area (Å²) in [5, 5.41) is 19.2. The van der Waals surface area contributed by atoms with Gasteiger partial charge < -0.3 is 10.2 Å². The Bertz CT molecular complexity index is 410. The van der Waals surface area contributed by atoms with Crippen LogP contribution in [0, 0.1) is 12.8 Å². The number of rotatable bonds is 3. The zero-order valence-corrected chi connectivity index (χ0v) is 10.8. The van der Waals surface area contributed by atoms with Crippen molar-refractivity contribution in [2.24, 2.45) is 5.92 Å². The van der Waals surface area contributed by atoms with Gasteiger partial charge in [-0.2, -0.15) is 0 Å². The zero-order valence-electron chi connectivity index (χ0n) is 10.8. The summed E-state index contributed by atoms with van der Waals surface area (Å²) in [4.78, 5) is 1.76. The highest BCUT2D eigenvalue weighted by atomic mass is 19.3. The van der Waals surface area contributed by atoms with Gasteiger partial charge in [-0.15, -0.1) is 0 Å². The van der Waals surface area contributed by atoms with Crippen LogP contribution in [0.3, 0.4) is 0 Å². The number of alkyl halides is 2. The van der Waals surface area contributed by atoms with Crippen molar-refractivity contribution in [1.29, 1.82) is 0 Å². The molecule has 1 heterocycles. The van der Waals surface area contributed by atoms with Gasteiger partial charge in [0.2, 0.25) is 6.43 Å². The van der Waals surface area contributed by atoms with Crippen LogP contribution in [-0.4, -0.2) is 46.8 Å². The molecule has 1 saturated heterocycles. The molecule has 0 radical (unpaired) electrons. The second-order valence-electron chi connectivity index (χ2n) is 5.24. The summed E-state index contributed by atoms with van der Waals surface area (Å²) in [6, 6.07) is 7.83. The van der Waals surface area contributed by atoms with E-state index >= 15 is 0 Å². The normalized spacial score (nSPS) is 28.8. The van der Waals surface area contributed by atoms with E-state index in [-0.39, 0.29) is 13.1 Å². The lowest BCUT2D eigenvalue weighted by Gasteiger charge is -2.38. The highest BCUT2D eigenvalue weighted by molar-refractivity contribution is 5.21. The van der Waals surface area contributed by atoms with Crippen molar-refractivity contribution < 1.29 is 19.0 Å². The number of benzene rings is 1. The molecule has 0 bridgehead atoms. The Kier molecular flexibility index (Phi) is 4.50. The number of piperidine rings is 1. The fourth-order valence-corrected chi connectivity index (χ4v) is 2.45. The molecule has 106 valence electrons. The van der Waals surface area contributed by atoms with E-state index in [2.05, 4.69) is 0 Å². The van der Waals surface area contributed by atoms with Crippen LogP contribution >= 0.6 is 0 Å². The topological polar surface area (TPSA) is 43.7 Å². The highest BCUT2D eigenvalue weighted by Gasteiger charge is 2.39. The van der Waals surface area contributed by atoms with Crippen LogP contribution in [0.4, 0.5) is 8.78 Å². The third-order valence-corrected chi connectivity index (χ3v) is 3.60. The molecule has 0 aliphatic carbocycles. The second-order valence-corrected chi connectivity index (χ2v) is 5.24. The summed E-state index contributed by atoms with van der Waals surface area (Å²) in [7, 11) is 0. The van der Waals surface area contributed by atoms with Crippen molar-refractivity contribution in [1.82, 2.24) is 4.90 Å². The molecule has 19 heavy (non-hydrogen) atoms. The third kappa shape index (κ3) is 3.49. The van der Waals surface area contributed by atoms with Crippen molar-refractivity contribution in [3.8, 4) is 0 Å². The average Bonchev–Trinajstić information content (AvgIpc) is 2.36. The second kappa shape index (κ2) is 5.94. The third-order valence-electron chi connectivity index (χ3n) is 3.60. The quantitative estimate of drug-likeness (QED) is 0.873. The first-order chi connectivity index (χ1) is 8.97. The summed E-state index contributed by atoms with van der Waals surface area (Å²) in [6.07, 6.45) is -5.07. The Morgan fingerprint density at radius 1 is 1.21 bits per heavy atom. The fraction of sp³-hybridized carbons (Fsp3) is 0.571. The first-order valence-electron chi connectivity index (χ1n) is 6.39. The van der Waals surface area contributed by atoms with Gasteiger partial charge in [0.15, 0.2) is 0 Å². The van der Waals surface area contributed by atoms with E-state index in [1.54, 1.807) is 4.90 Å². The van der Waals surface area contributed by atoms with Crippen molar-refractivity contribution in [3.05, 3.63) is 35.4 Å². The Labute approximate surface area is 111 Å². The lowest BCUT2D eigenvalue weighted by molar-refractivity contribution is -0.118. The summed E-state index contributed by atoms with van der Waals surface area (Å²) < 4.78 is 25.6. The maximum Gasteiger partial charge on any atom is 0.245 e. The molecule has 2 N–H and O–H groups in total. The summed E-state index contributed by atoms with van der Waals surface area (Å²) in [6.45, 7) is 2.81. The van der Waals surface area contributed by atoms with Crippen molar-refractivity contribution in [2.45, 2.75) is 32.1 Å². The molecule has 1 aliphatic rings. The van der Waals surface area contributed by atoms with Gasteiger partial charge in [0, 0.05) is 19.6 Å². The van der Waals surface area contributed by atoms with Crippen molar-refractivity contribution >= 4 is 0 Å². The van der Waals surface area contributed by atoms with Gasteiger partial charge in [-0.3, -0.25) is 4.90 Å². The van der Waals surface area contributed by atoms with Gasteiger partial charge in [-0.05, 0) is 12.5 Å². The van der Waals surface area contributed by atoms with Gasteiger partial charge in [0.05, 0.1) is 18.1 Å². The number of β-amino-alcohol motifs (C(OH)–C–C–N with tert-alkyl or cyclic N) is 1. The lowest BCUT2D eigenvalue weighted by Crippen LogP contribution is -2.54. The number of hydrogen-bond donors (Lipinski definition) is 2. The Hall–Kier alpha value is -1.04. The zero-order chi connectivity index (χ0) is 14.0. The SMILES string of the molecule is Cc1ccc(CN2C[C@@H](O)[C@H](O)[C@@H](C(F)F)C2)cc1. The summed E-state index contributed by atoms with van der Waals surface area (Å²) in [5.74, 6) is -1.19. The predicted octanol–water partition coefficient (Wildman–Crippen LogP) is 1.41. The van der Waals surface area contributed by atoms with E-state index in [1.807, 2.05) is 31.2 Å². The summed E-state index contributed by atoms with van der Waals surface area (Å²) >= 11 is 0. The molecule has 0 unspecified atom stereocenters. The minimum Gasteiger partial charge on any atom is -0.390 e. The molecule has 2 rings (SSSR count).